The van der Waals surface area contributed by atoms with Crippen LogP contribution in [0.4, 0.5) is 5.69 Å². The number of fused-ring (bicyclic) bond motifs is 3. The third kappa shape index (κ3) is 1.30. The van der Waals surface area contributed by atoms with E-state index in [1.807, 2.05) is 6.07 Å². The Balaban J connectivity index is 2.31. The molecule has 2 aromatic rings. The molecule has 0 spiro atoms. The molecule has 2 heterocycles. The molecule has 1 aromatic heterocycles. The quantitative estimate of drug-likeness (QED) is 0.723. The Morgan fingerprint density at radius 1 is 1.50 bits per heavy atom. The second kappa shape index (κ2) is 3.66. The second-order valence-electron chi connectivity index (χ2n) is 4.26. The maximum atomic E-state index is 12.2. The average molecular weight is 245 g/mol. The predicted octanol–water partition coefficient (Wildman–Crippen LogP) is 0.659. The minimum atomic E-state index is -1.11. The molecule has 0 saturated carbocycles. The molecule has 1 aliphatic rings. The van der Waals surface area contributed by atoms with E-state index in [4.69, 9.17) is 5.11 Å². The van der Waals surface area contributed by atoms with Crippen LogP contribution in [0.15, 0.2) is 30.6 Å². The lowest BCUT2D eigenvalue weighted by molar-refractivity contribution is -0.813. The highest BCUT2D eigenvalue weighted by atomic mass is 16.5. The molecule has 2 unspecified atom stereocenters. The average Bonchev–Trinajstić information content (AvgIpc) is 2.81. The summed E-state index contributed by atoms with van der Waals surface area (Å²) in [6.45, 7) is 1.71. The second-order valence-corrected chi connectivity index (χ2v) is 4.26. The Hall–Kier alpha value is -2.18. The van der Waals surface area contributed by atoms with E-state index >= 15 is 0 Å². The van der Waals surface area contributed by atoms with Crippen molar-refractivity contribution in [1.29, 1.82) is 0 Å². The van der Waals surface area contributed by atoms with E-state index in [0.717, 1.165) is 0 Å². The number of carboxylic acid groups (broad SMARTS) is 1. The smallest absolute Gasteiger partial charge is 0.356 e. The van der Waals surface area contributed by atoms with E-state index in [1.54, 1.807) is 29.7 Å². The largest absolute Gasteiger partial charge is 0.628 e. The first-order valence-corrected chi connectivity index (χ1v) is 5.55. The molecular weight excluding hydrogens is 234 g/mol. The third-order valence-corrected chi connectivity index (χ3v) is 3.24. The number of para-hydroxylation sites is 2. The van der Waals surface area contributed by atoms with Crippen molar-refractivity contribution in [2.45, 2.75) is 13.0 Å². The summed E-state index contributed by atoms with van der Waals surface area (Å²) in [5, 5.41) is 21.2. The van der Waals surface area contributed by atoms with Gasteiger partial charge in [-0.2, -0.15) is 0 Å². The summed E-state index contributed by atoms with van der Waals surface area (Å²) < 4.78 is 1.69. The number of carbonyl (C=O) groups is 1. The molecular formula is C12H11N3O3. The van der Waals surface area contributed by atoms with Crippen LogP contribution in [0.1, 0.15) is 29.1 Å². The van der Waals surface area contributed by atoms with Crippen LogP contribution in [-0.2, 0) is 0 Å². The Bertz CT molecular complexity index is 635. The number of rotatable bonds is 1. The number of carboxylic acids is 1. The molecule has 2 N–H and O–H groups in total. The van der Waals surface area contributed by atoms with Crippen LogP contribution in [0.25, 0.3) is 5.69 Å². The van der Waals surface area contributed by atoms with Gasteiger partial charge in [0.15, 0.2) is 11.4 Å². The normalized spacial score (nSPS) is 21.2. The fourth-order valence-electron chi connectivity index (χ4n) is 2.38. The molecule has 0 radical (unpaired) electrons. The number of benzene rings is 1. The number of hydrogen-bond acceptors (Lipinski definition) is 3. The molecule has 2 atom stereocenters. The molecule has 3 rings (SSSR count). The number of hydroxylamine groups is 1. The van der Waals surface area contributed by atoms with Crippen molar-refractivity contribution in [2.75, 3.05) is 0 Å². The van der Waals surface area contributed by atoms with Crippen LogP contribution < -0.4 is 5.06 Å². The molecule has 6 heteroatoms. The lowest BCUT2D eigenvalue weighted by atomic mass is 10.1. The monoisotopic (exact) mass is 245 g/mol. The maximum absolute atomic E-state index is 12.2. The highest BCUT2D eigenvalue weighted by molar-refractivity contribution is 5.87. The molecule has 1 aromatic carbocycles. The predicted molar refractivity (Wildman–Crippen MR) is 62.9 cm³/mol. The van der Waals surface area contributed by atoms with Gasteiger partial charge in [0.05, 0.1) is 0 Å². The molecule has 0 amide bonds. The van der Waals surface area contributed by atoms with Crippen LogP contribution in [0, 0.1) is 5.21 Å². The summed E-state index contributed by atoms with van der Waals surface area (Å²) >= 11 is 0. The van der Waals surface area contributed by atoms with Gasteiger partial charge in [0, 0.05) is 6.07 Å². The molecule has 92 valence electrons. The van der Waals surface area contributed by atoms with Crippen LogP contribution in [-0.4, -0.2) is 20.6 Å². The van der Waals surface area contributed by atoms with Gasteiger partial charge in [-0.1, -0.05) is 12.1 Å². The SMILES string of the molecule is CC1c2c(C(=O)O)ncn2-c2ccccc2[NH+]1[O-]. The summed E-state index contributed by atoms with van der Waals surface area (Å²) in [4.78, 5) is 15.0. The van der Waals surface area contributed by atoms with E-state index in [-0.39, 0.29) is 10.8 Å². The van der Waals surface area contributed by atoms with Gasteiger partial charge in [-0.05, 0) is 13.0 Å². The zero-order valence-electron chi connectivity index (χ0n) is 9.62. The summed E-state index contributed by atoms with van der Waals surface area (Å²) in [5.41, 5.74) is 1.69. The van der Waals surface area contributed by atoms with Gasteiger partial charge in [0.2, 0.25) is 0 Å². The maximum Gasteiger partial charge on any atom is 0.356 e. The van der Waals surface area contributed by atoms with Gasteiger partial charge in [-0.25, -0.2) is 9.78 Å². The molecule has 0 bridgehead atoms. The number of quaternary nitrogens is 1. The fraction of sp³-hybridized carbons (Fsp3) is 0.167. The van der Waals surface area contributed by atoms with Gasteiger partial charge in [-0.15, -0.1) is 0 Å². The van der Waals surface area contributed by atoms with E-state index in [0.29, 0.717) is 17.1 Å². The van der Waals surface area contributed by atoms with Crippen molar-refractivity contribution in [3.8, 4) is 5.69 Å². The van der Waals surface area contributed by atoms with Crippen molar-refractivity contribution in [3.05, 3.63) is 47.2 Å². The van der Waals surface area contributed by atoms with Gasteiger partial charge < -0.3 is 15.4 Å². The van der Waals surface area contributed by atoms with Crippen molar-refractivity contribution >= 4 is 11.7 Å². The van der Waals surface area contributed by atoms with Gasteiger partial charge in [0.25, 0.3) is 0 Å². The third-order valence-electron chi connectivity index (χ3n) is 3.24. The zero-order chi connectivity index (χ0) is 12.9. The fourth-order valence-corrected chi connectivity index (χ4v) is 2.38. The Morgan fingerprint density at radius 3 is 2.94 bits per heavy atom. The minimum absolute atomic E-state index is 0.0506. The first-order valence-electron chi connectivity index (χ1n) is 5.55. The van der Waals surface area contributed by atoms with E-state index in [2.05, 4.69) is 4.98 Å². The van der Waals surface area contributed by atoms with Crippen molar-refractivity contribution < 1.29 is 15.0 Å². The van der Waals surface area contributed by atoms with Crippen LogP contribution >= 0.6 is 0 Å². The molecule has 0 fully saturated rings. The van der Waals surface area contributed by atoms with Crippen molar-refractivity contribution in [2.24, 2.45) is 0 Å². The number of imidazole rings is 1. The van der Waals surface area contributed by atoms with Gasteiger partial charge in [-0.3, -0.25) is 4.57 Å². The zero-order valence-corrected chi connectivity index (χ0v) is 9.62. The number of nitrogens with one attached hydrogen (secondary N) is 1. The van der Waals surface area contributed by atoms with Crippen LogP contribution in [0.2, 0.25) is 0 Å². The van der Waals surface area contributed by atoms with E-state index in [9.17, 15) is 10.0 Å². The molecule has 6 nitrogen and oxygen atoms in total. The summed E-state index contributed by atoms with van der Waals surface area (Å²) in [7, 11) is 0. The van der Waals surface area contributed by atoms with Crippen molar-refractivity contribution in [1.82, 2.24) is 9.55 Å². The highest BCUT2D eigenvalue weighted by Gasteiger charge is 2.33. The number of nitrogens with zero attached hydrogens (tertiary/aromatic N) is 2. The Kier molecular flexibility index (Phi) is 2.22. The van der Waals surface area contributed by atoms with Crippen LogP contribution in [0.3, 0.4) is 0 Å². The Labute approximate surface area is 103 Å². The van der Waals surface area contributed by atoms with E-state index < -0.39 is 12.0 Å². The van der Waals surface area contributed by atoms with Crippen molar-refractivity contribution in [3.63, 3.8) is 0 Å². The topological polar surface area (TPSA) is 82.6 Å². The van der Waals surface area contributed by atoms with Gasteiger partial charge in [0.1, 0.15) is 23.8 Å². The van der Waals surface area contributed by atoms with Crippen LogP contribution in [0.5, 0.6) is 0 Å². The minimum Gasteiger partial charge on any atom is -0.628 e. The molecule has 1 aliphatic heterocycles. The summed E-state index contributed by atoms with van der Waals surface area (Å²) in [6.07, 6.45) is 1.46. The van der Waals surface area contributed by atoms with Gasteiger partial charge >= 0.3 is 5.97 Å². The summed E-state index contributed by atoms with van der Waals surface area (Å²) in [5.74, 6) is -1.11. The first kappa shape index (κ1) is 10.9. The molecule has 0 saturated heterocycles. The molecule has 0 aliphatic carbocycles. The highest BCUT2D eigenvalue weighted by Crippen LogP contribution is 2.29. The van der Waals surface area contributed by atoms with E-state index in [1.165, 1.54) is 6.33 Å². The first-order chi connectivity index (χ1) is 8.61. The molecule has 18 heavy (non-hydrogen) atoms. The number of hydrogen-bond donors (Lipinski definition) is 2. The lowest BCUT2D eigenvalue weighted by Crippen LogP contribution is -3.03. The lowest BCUT2D eigenvalue weighted by Gasteiger charge is -2.34. The number of aromatic nitrogens is 2. The Morgan fingerprint density at radius 2 is 2.22 bits per heavy atom. The standard InChI is InChI=1S/C12H11N3O3/c1-7-11-10(12(16)17)13-6-14(11)8-4-2-3-5-9(8)15(7)18/h2-7,15H,1H3,(H,16,17). The number of aromatic carboxylic acids is 1. The summed E-state index contributed by atoms with van der Waals surface area (Å²) in [6, 6.07) is 6.65.